The van der Waals surface area contributed by atoms with Crippen molar-refractivity contribution in [1.29, 1.82) is 0 Å². The molecule has 37 heavy (non-hydrogen) atoms. The number of hydrogen-bond donors (Lipinski definition) is 1. The molecule has 3 atom stereocenters. The molecule has 2 heterocycles. The van der Waals surface area contributed by atoms with Gasteiger partial charge < -0.3 is 19.8 Å². The van der Waals surface area contributed by atoms with Crippen molar-refractivity contribution in [1.82, 2.24) is 14.7 Å². The first kappa shape index (κ1) is 27.6. The molecule has 0 radical (unpaired) electrons. The van der Waals surface area contributed by atoms with E-state index in [0.717, 1.165) is 25.0 Å². The Morgan fingerprint density at radius 2 is 1.89 bits per heavy atom. The third kappa shape index (κ3) is 5.87. The summed E-state index contributed by atoms with van der Waals surface area (Å²) >= 11 is 5.73. The van der Waals surface area contributed by atoms with E-state index in [9.17, 15) is 37.1 Å². The maximum atomic E-state index is 14.7. The van der Waals surface area contributed by atoms with Gasteiger partial charge in [-0.2, -0.15) is 13.2 Å². The fourth-order valence-electron chi connectivity index (χ4n) is 5.22. The highest BCUT2D eigenvalue weighted by Gasteiger charge is 2.52. The molecule has 1 aromatic carbocycles. The Bertz CT molecular complexity index is 1060. The summed E-state index contributed by atoms with van der Waals surface area (Å²) in [4.78, 5) is 42.3. The van der Waals surface area contributed by atoms with Gasteiger partial charge in [-0.05, 0) is 49.3 Å². The maximum Gasteiger partial charge on any atom is 0.417 e. The molecule has 1 aromatic rings. The molecule has 1 saturated carbocycles. The number of piperidine rings is 1. The van der Waals surface area contributed by atoms with E-state index < -0.39 is 52.8 Å². The van der Waals surface area contributed by atoms with Crippen LogP contribution in [-0.2, 0) is 27.0 Å². The molecule has 1 spiro atoms. The number of aliphatic hydroxyl groups excluding tert-OH is 1. The molecule has 0 unspecified atom stereocenters. The predicted molar refractivity (Wildman–Crippen MR) is 126 cm³/mol. The Morgan fingerprint density at radius 3 is 2.49 bits per heavy atom. The first-order chi connectivity index (χ1) is 17.3. The average Bonchev–Trinajstić information content (AvgIpc) is 3.61. The first-order valence-electron chi connectivity index (χ1n) is 12.4. The number of likely N-dealkylation sites (tertiary alicyclic amines) is 1. The smallest absolute Gasteiger partial charge is 0.391 e. The van der Waals surface area contributed by atoms with Gasteiger partial charge in [0.05, 0.1) is 23.1 Å². The van der Waals surface area contributed by atoms with Gasteiger partial charge in [0.1, 0.15) is 6.04 Å². The monoisotopic (exact) mass is 547 g/mol. The van der Waals surface area contributed by atoms with Gasteiger partial charge in [-0.1, -0.05) is 17.7 Å². The molecule has 1 aliphatic carbocycles. The number of carbonyl (C=O) groups excluding carboxylic acids is 3. The zero-order valence-corrected chi connectivity index (χ0v) is 21.2. The topological polar surface area (TPSA) is 81.2 Å². The lowest BCUT2D eigenvalue weighted by Gasteiger charge is -2.40. The highest BCUT2D eigenvalue weighted by Crippen LogP contribution is 2.53. The van der Waals surface area contributed by atoms with Crippen molar-refractivity contribution in [3.05, 3.63) is 34.3 Å². The third-order valence-corrected chi connectivity index (χ3v) is 8.18. The number of amides is 3. The molecule has 12 heteroatoms. The lowest BCUT2D eigenvalue weighted by Crippen LogP contribution is -2.58. The Balaban J connectivity index is 1.27. The van der Waals surface area contributed by atoms with E-state index in [0.29, 0.717) is 18.5 Å². The molecule has 204 valence electrons. The van der Waals surface area contributed by atoms with Gasteiger partial charge in [0.15, 0.2) is 6.17 Å². The Labute approximate surface area is 217 Å². The normalized spacial score (nSPS) is 24.4. The lowest BCUT2D eigenvalue weighted by molar-refractivity contribution is -0.151. The lowest BCUT2D eigenvalue weighted by atomic mass is 9.90. The zero-order chi connectivity index (χ0) is 27.1. The van der Waals surface area contributed by atoms with Gasteiger partial charge in [-0.3, -0.25) is 14.4 Å². The van der Waals surface area contributed by atoms with Crippen molar-refractivity contribution in [3.8, 4) is 0 Å². The van der Waals surface area contributed by atoms with Crippen LogP contribution in [0.2, 0.25) is 5.02 Å². The van der Waals surface area contributed by atoms with Crippen molar-refractivity contribution < 1.29 is 37.1 Å². The number of β-amino-alcohol motifs (C(OH)–C–C–N with tert-alkyl or cyclic N) is 1. The number of aliphatic hydroxyl groups is 1. The summed E-state index contributed by atoms with van der Waals surface area (Å²) in [6.07, 6.45) is -4.92. The molecular formula is C25H30ClF4N3O4. The molecule has 1 N–H and O–H groups in total. The van der Waals surface area contributed by atoms with Crippen LogP contribution in [-0.4, -0.2) is 88.6 Å². The van der Waals surface area contributed by atoms with Gasteiger partial charge in [-0.25, -0.2) is 4.39 Å². The highest BCUT2D eigenvalue weighted by molar-refractivity contribution is 6.31. The average molecular weight is 548 g/mol. The zero-order valence-electron chi connectivity index (χ0n) is 20.4. The molecule has 7 nitrogen and oxygen atoms in total. The van der Waals surface area contributed by atoms with Crippen LogP contribution in [0.1, 0.15) is 43.7 Å². The van der Waals surface area contributed by atoms with Crippen LogP contribution >= 0.6 is 11.6 Å². The van der Waals surface area contributed by atoms with Gasteiger partial charge in [0.25, 0.3) is 5.91 Å². The molecule has 3 aliphatic rings. The molecule has 3 fully saturated rings. The molecule has 2 saturated heterocycles. The standard InChI is InChI=1S/C25H30ClF4N3O4/c1-15-22(36)31(8-4-19(27)23(37)32-9-7-24(5-6-24)20(34)14-32)10-11-33(15)21(35)13-16-2-3-17(18(26)12-16)25(28,29)30/h2-3,12,15,19-20,34H,4-11,13-14H2,1H3/t15-,19+,20+/m0/s1. The summed E-state index contributed by atoms with van der Waals surface area (Å²) in [6.45, 7) is 2.40. The molecule has 2 aliphatic heterocycles. The minimum absolute atomic E-state index is 0.00690. The first-order valence-corrected chi connectivity index (χ1v) is 12.7. The van der Waals surface area contributed by atoms with Crippen molar-refractivity contribution in [2.75, 3.05) is 32.7 Å². The fourth-order valence-corrected chi connectivity index (χ4v) is 5.53. The van der Waals surface area contributed by atoms with Crippen LogP contribution in [0.25, 0.3) is 0 Å². The van der Waals surface area contributed by atoms with Crippen molar-refractivity contribution in [3.63, 3.8) is 0 Å². The summed E-state index contributed by atoms with van der Waals surface area (Å²) in [5.74, 6) is -1.51. The second kappa shape index (κ2) is 10.4. The maximum absolute atomic E-state index is 14.7. The Morgan fingerprint density at radius 1 is 1.19 bits per heavy atom. The molecule has 0 bridgehead atoms. The number of carbonyl (C=O) groups is 3. The number of rotatable bonds is 6. The SMILES string of the molecule is C[C@H]1C(=O)N(CC[C@@H](F)C(=O)N2CCC3(CC3)[C@H](O)C2)CCN1C(=O)Cc1ccc(C(F)(F)F)c(Cl)c1. The van der Waals surface area contributed by atoms with Gasteiger partial charge in [-0.15, -0.1) is 0 Å². The van der Waals surface area contributed by atoms with Gasteiger partial charge in [0.2, 0.25) is 11.8 Å². The quantitative estimate of drug-likeness (QED) is 0.555. The Hall–Kier alpha value is -2.40. The number of alkyl halides is 4. The number of hydrogen-bond acceptors (Lipinski definition) is 4. The third-order valence-electron chi connectivity index (χ3n) is 7.87. The van der Waals surface area contributed by atoms with Crippen LogP contribution in [0.15, 0.2) is 18.2 Å². The van der Waals surface area contributed by atoms with Crippen LogP contribution in [0.5, 0.6) is 0 Å². The van der Waals surface area contributed by atoms with Crippen LogP contribution in [0.3, 0.4) is 0 Å². The molecule has 3 amide bonds. The second-order valence-corrected chi connectivity index (χ2v) is 10.7. The summed E-state index contributed by atoms with van der Waals surface area (Å²) in [6, 6.07) is 2.25. The summed E-state index contributed by atoms with van der Waals surface area (Å²) in [5, 5.41) is 9.76. The summed E-state index contributed by atoms with van der Waals surface area (Å²) < 4.78 is 53.4. The van der Waals surface area contributed by atoms with E-state index in [1.54, 1.807) is 0 Å². The van der Waals surface area contributed by atoms with E-state index in [1.165, 1.54) is 27.7 Å². The molecule has 0 aromatic heterocycles. The Kier molecular flexibility index (Phi) is 7.77. The minimum Gasteiger partial charge on any atom is -0.391 e. The summed E-state index contributed by atoms with van der Waals surface area (Å²) in [5.41, 5.74) is -0.795. The summed E-state index contributed by atoms with van der Waals surface area (Å²) in [7, 11) is 0. The van der Waals surface area contributed by atoms with Gasteiger partial charge >= 0.3 is 6.18 Å². The van der Waals surface area contributed by atoms with Crippen LogP contribution in [0, 0.1) is 5.41 Å². The number of piperazine rings is 1. The van der Waals surface area contributed by atoms with Crippen molar-refractivity contribution in [2.45, 2.75) is 63.5 Å². The minimum atomic E-state index is -4.60. The number of halogens is 5. The number of benzene rings is 1. The highest BCUT2D eigenvalue weighted by atomic mass is 35.5. The van der Waals surface area contributed by atoms with Gasteiger partial charge in [0, 0.05) is 39.1 Å². The van der Waals surface area contributed by atoms with E-state index in [2.05, 4.69) is 0 Å². The number of nitrogens with zero attached hydrogens (tertiary/aromatic N) is 3. The van der Waals surface area contributed by atoms with Crippen LogP contribution < -0.4 is 0 Å². The second-order valence-electron chi connectivity index (χ2n) is 10.2. The molecule has 4 rings (SSSR count). The van der Waals surface area contributed by atoms with Crippen molar-refractivity contribution in [2.24, 2.45) is 5.41 Å². The van der Waals surface area contributed by atoms with Crippen molar-refractivity contribution >= 4 is 29.3 Å². The van der Waals surface area contributed by atoms with E-state index >= 15 is 0 Å². The fraction of sp³-hybridized carbons (Fsp3) is 0.640. The van der Waals surface area contributed by atoms with Crippen LogP contribution in [0.4, 0.5) is 17.6 Å². The largest absolute Gasteiger partial charge is 0.417 e. The van der Waals surface area contributed by atoms with E-state index in [1.807, 2.05) is 0 Å². The molecular weight excluding hydrogens is 518 g/mol. The predicted octanol–water partition coefficient (Wildman–Crippen LogP) is 3.06. The van der Waals surface area contributed by atoms with E-state index in [-0.39, 0.29) is 44.4 Å². The van der Waals surface area contributed by atoms with E-state index in [4.69, 9.17) is 11.6 Å².